The number of hydrogen-bond donors (Lipinski definition) is 0. The van der Waals surface area contributed by atoms with E-state index < -0.39 is 30.0 Å². The van der Waals surface area contributed by atoms with Crippen LogP contribution in [0.4, 0.5) is 13.2 Å². The largest absolute Gasteiger partial charge is 0.503 e. The maximum absolute atomic E-state index is 13.2. The van der Waals surface area contributed by atoms with Gasteiger partial charge >= 0.3 is 18.2 Å². The van der Waals surface area contributed by atoms with Gasteiger partial charge in [-0.15, -0.1) is 0 Å². The molecule has 0 unspecified atom stereocenters. The standard InChI is InChI=1S/C20H21F3N2O5/c1-12(2)30-17-9-16(20(21,22)23)24-19(25-17)29-10-13-7-5-6-8-14(13)15(11-27-3)18(26)28-4/h5-9,11-12H,10H2,1-4H3/b15-11-. The van der Waals surface area contributed by atoms with E-state index in [1.165, 1.54) is 20.5 Å². The molecule has 2 aromatic rings. The van der Waals surface area contributed by atoms with Crippen LogP contribution in [0.25, 0.3) is 5.57 Å². The zero-order chi connectivity index (χ0) is 22.3. The molecular weight excluding hydrogens is 405 g/mol. The van der Waals surface area contributed by atoms with Crippen LogP contribution in [0.1, 0.15) is 30.7 Å². The predicted octanol–water partition coefficient (Wildman–Crippen LogP) is 4.02. The summed E-state index contributed by atoms with van der Waals surface area (Å²) in [6.07, 6.45) is -3.88. The summed E-state index contributed by atoms with van der Waals surface area (Å²) < 4.78 is 59.8. The van der Waals surface area contributed by atoms with Gasteiger partial charge in [-0.25, -0.2) is 4.79 Å². The van der Waals surface area contributed by atoms with E-state index in [1.54, 1.807) is 38.1 Å². The number of carbonyl (C=O) groups is 1. The molecule has 0 atom stereocenters. The second-order valence-corrected chi connectivity index (χ2v) is 6.24. The molecule has 1 aromatic heterocycles. The molecule has 0 saturated carbocycles. The average Bonchev–Trinajstić information content (AvgIpc) is 2.69. The zero-order valence-electron chi connectivity index (χ0n) is 16.8. The normalized spacial score (nSPS) is 11.9. The fourth-order valence-corrected chi connectivity index (χ4v) is 2.42. The van der Waals surface area contributed by atoms with Crippen molar-refractivity contribution in [2.45, 2.75) is 32.7 Å². The van der Waals surface area contributed by atoms with Gasteiger partial charge in [-0.05, 0) is 25.0 Å². The maximum Gasteiger partial charge on any atom is 0.433 e. The van der Waals surface area contributed by atoms with E-state index in [4.69, 9.17) is 18.9 Å². The van der Waals surface area contributed by atoms with E-state index in [0.717, 1.165) is 0 Å². The van der Waals surface area contributed by atoms with E-state index in [2.05, 4.69) is 9.97 Å². The highest BCUT2D eigenvalue weighted by Crippen LogP contribution is 2.31. The van der Waals surface area contributed by atoms with Gasteiger partial charge in [0.2, 0.25) is 5.88 Å². The van der Waals surface area contributed by atoms with E-state index in [9.17, 15) is 18.0 Å². The minimum Gasteiger partial charge on any atom is -0.503 e. The van der Waals surface area contributed by atoms with Gasteiger partial charge in [0.15, 0.2) is 5.69 Å². The number of halogens is 3. The lowest BCUT2D eigenvalue weighted by atomic mass is 10.0. The lowest BCUT2D eigenvalue weighted by molar-refractivity contribution is -0.141. The first-order valence-electron chi connectivity index (χ1n) is 8.81. The van der Waals surface area contributed by atoms with Crippen LogP contribution in [0.5, 0.6) is 11.9 Å². The van der Waals surface area contributed by atoms with Crippen LogP contribution in [-0.4, -0.2) is 36.3 Å². The van der Waals surface area contributed by atoms with Gasteiger partial charge in [0.25, 0.3) is 0 Å². The molecule has 162 valence electrons. The number of nitrogens with zero attached hydrogens (tertiary/aromatic N) is 2. The van der Waals surface area contributed by atoms with E-state index in [0.29, 0.717) is 17.2 Å². The summed E-state index contributed by atoms with van der Waals surface area (Å²) in [5, 5.41) is 0. The Balaban J connectivity index is 2.36. The molecule has 2 rings (SSSR count). The van der Waals surface area contributed by atoms with Gasteiger partial charge in [-0.3, -0.25) is 0 Å². The highest BCUT2D eigenvalue weighted by molar-refractivity contribution is 6.16. The van der Waals surface area contributed by atoms with Gasteiger partial charge in [0.05, 0.1) is 26.6 Å². The SMILES string of the molecule is CO/C=C(\C(=O)OC)c1ccccc1COc1nc(OC(C)C)cc(C(F)(F)F)n1. The molecule has 0 radical (unpaired) electrons. The third kappa shape index (κ3) is 6.10. The summed E-state index contributed by atoms with van der Waals surface area (Å²) in [7, 11) is 2.59. The van der Waals surface area contributed by atoms with Crippen LogP contribution in [0.2, 0.25) is 0 Å². The molecule has 0 N–H and O–H groups in total. The maximum atomic E-state index is 13.2. The first-order chi connectivity index (χ1) is 14.2. The van der Waals surface area contributed by atoms with Gasteiger partial charge < -0.3 is 18.9 Å². The summed E-state index contributed by atoms with van der Waals surface area (Å²) in [4.78, 5) is 19.4. The molecule has 0 amide bonds. The Kier molecular flexibility index (Phi) is 7.62. The van der Waals surface area contributed by atoms with Crippen molar-refractivity contribution < 1.29 is 36.9 Å². The van der Waals surface area contributed by atoms with Crippen molar-refractivity contribution in [2.75, 3.05) is 14.2 Å². The third-order valence-corrected chi connectivity index (χ3v) is 3.63. The molecule has 0 saturated heterocycles. The monoisotopic (exact) mass is 426 g/mol. The van der Waals surface area contributed by atoms with Crippen LogP contribution in [0.3, 0.4) is 0 Å². The number of rotatable bonds is 8. The van der Waals surface area contributed by atoms with Crippen molar-refractivity contribution in [3.8, 4) is 11.9 Å². The Hall–Kier alpha value is -3.30. The molecule has 0 bridgehead atoms. The number of esters is 1. The summed E-state index contributed by atoms with van der Waals surface area (Å²) in [5.74, 6) is -0.905. The van der Waals surface area contributed by atoms with Gasteiger partial charge in [0, 0.05) is 6.07 Å². The van der Waals surface area contributed by atoms with Crippen molar-refractivity contribution in [1.82, 2.24) is 9.97 Å². The number of aromatic nitrogens is 2. The number of carbonyl (C=O) groups excluding carboxylic acids is 1. The number of benzene rings is 1. The molecule has 0 aliphatic carbocycles. The van der Waals surface area contributed by atoms with Crippen LogP contribution in [-0.2, 0) is 27.1 Å². The molecule has 0 spiro atoms. The van der Waals surface area contributed by atoms with Crippen LogP contribution >= 0.6 is 0 Å². The molecule has 30 heavy (non-hydrogen) atoms. The molecular formula is C20H21F3N2O5. The van der Waals surface area contributed by atoms with E-state index in [-0.39, 0.29) is 18.1 Å². The fourth-order valence-electron chi connectivity index (χ4n) is 2.42. The molecule has 1 heterocycles. The third-order valence-electron chi connectivity index (χ3n) is 3.63. The highest BCUT2D eigenvalue weighted by atomic mass is 19.4. The molecule has 0 fully saturated rings. The molecule has 1 aromatic carbocycles. The first-order valence-corrected chi connectivity index (χ1v) is 8.81. The average molecular weight is 426 g/mol. The van der Waals surface area contributed by atoms with Crippen LogP contribution in [0.15, 0.2) is 36.6 Å². The van der Waals surface area contributed by atoms with Crippen molar-refractivity contribution >= 4 is 11.5 Å². The fraction of sp³-hybridized carbons (Fsp3) is 0.350. The topological polar surface area (TPSA) is 79.8 Å². The second-order valence-electron chi connectivity index (χ2n) is 6.24. The number of alkyl halides is 3. The first kappa shape index (κ1) is 23.0. The van der Waals surface area contributed by atoms with Crippen molar-refractivity contribution in [1.29, 1.82) is 0 Å². The Morgan fingerprint density at radius 3 is 2.47 bits per heavy atom. The molecule has 7 nitrogen and oxygen atoms in total. The van der Waals surface area contributed by atoms with Gasteiger partial charge in [-0.1, -0.05) is 24.3 Å². The van der Waals surface area contributed by atoms with Gasteiger partial charge in [0.1, 0.15) is 12.2 Å². The van der Waals surface area contributed by atoms with Crippen LogP contribution in [0, 0.1) is 0 Å². The Morgan fingerprint density at radius 1 is 1.17 bits per heavy atom. The predicted molar refractivity (Wildman–Crippen MR) is 101 cm³/mol. The Bertz CT molecular complexity index is 914. The lowest BCUT2D eigenvalue weighted by Crippen LogP contribution is -2.14. The summed E-state index contributed by atoms with van der Waals surface area (Å²) in [5.41, 5.74) is -0.158. The summed E-state index contributed by atoms with van der Waals surface area (Å²) in [6, 6.07) is 6.83. The molecule has 10 heteroatoms. The summed E-state index contributed by atoms with van der Waals surface area (Å²) in [6.45, 7) is 3.10. The zero-order valence-corrected chi connectivity index (χ0v) is 16.8. The quantitative estimate of drug-likeness (QED) is 0.358. The van der Waals surface area contributed by atoms with Crippen molar-refractivity contribution in [2.24, 2.45) is 0 Å². The highest BCUT2D eigenvalue weighted by Gasteiger charge is 2.34. The lowest BCUT2D eigenvalue weighted by Gasteiger charge is -2.15. The number of hydrogen-bond acceptors (Lipinski definition) is 7. The molecule has 0 aliphatic rings. The van der Waals surface area contributed by atoms with Crippen molar-refractivity contribution in [3.05, 3.63) is 53.4 Å². The Morgan fingerprint density at radius 2 is 1.87 bits per heavy atom. The van der Waals surface area contributed by atoms with E-state index >= 15 is 0 Å². The minimum absolute atomic E-state index is 0.119. The number of methoxy groups -OCH3 is 2. The van der Waals surface area contributed by atoms with Gasteiger partial charge in [-0.2, -0.15) is 23.1 Å². The Labute approximate surface area is 171 Å². The molecule has 0 aliphatic heterocycles. The van der Waals surface area contributed by atoms with Crippen LogP contribution < -0.4 is 9.47 Å². The smallest absolute Gasteiger partial charge is 0.433 e. The second kappa shape index (κ2) is 9.95. The number of ether oxygens (including phenoxy) is 4. The minimum atomic E-state index is -4.70. The summed E-state index contributed by atoms with van der Waals surface area (Å²) >= 11 is 0. The van der Waals surface area contributed by atoms with E-state index in [1.807, 2.05) is 0 Å². The van der Waals surface area contributed by atoms with Crippen molar-refractivity contribution in [3.63, 3.8) is 0 Å².